The molecule has 6 aromatic rings. The highest BCUT2D eigenvalue weighted by molar-refractivity contribution is 7.99. The third-order valence-electron chi connectivity index (χ3n) is 7.34. The highest BCUT2D eigenvalue weighted by Crippen LogP contribution is 2.34. The number of carbonyl (C=O) groups excluding carboxylic acids is 1. The van der Waals surface area contributed by atoms with E-state index in [1.165, 1.54) is 30.7 Å². The fourth-order valence-corrected chi connectivity index (χ4v) is 6.54. The predicted octanol–water partition coefficient (Wildman–Crippen LogP) is 6.25. The van der Waals surface area contributed by atoms with E-state index in [1.54, 1.807) is 29.5 Å². The molecule has 21 heteroatoms. The number of nitrogens with zero attached hydrogens (tertiary/aromatic N) is 10. The van der Waals surface area contributed by atoms with Gasteiger partial charge in [0.1, 0.15) is 28.1 Å². The normalized spacial score (nSPS) is 12.2. The van der Waals surface area contributed by atoms with Crippen molar-refractivity contribution in [3.05, 3.63) is 65.8 Å². The molecule has 0 fully saturated rings. The largest absolute Gasteiger partial charge is 0.435 e. The van der Waals surface area contributed by atoms with Crippen LogP contribution in [0.2, 0.25) is 0 Å². The van der Waals surface area contributed by atoms with E-state index in [2.05, 4.69) is 46.9 Å². The number of halogens is 6. The summed E-state index contributed by atoms with van der Waals surface area (Å²) >= 11 is 1.58. The van der Waals surface area contributed by atoms with Crippen LogP contribution >= 0.6 is 11.8 Å². The minimum absolute atomic E-state index is 0.0103. The Balaban J connectivity index is 0.000000202. The average Bonchev–Trinajstić information content (AvgIpc) is 3.62. The van der Waals surface area contributed by atoms with Crippen LogP contribution in [-0.2, 0) is 36.3 Å². The minimum atomic E-state index is -4.70. The highest BCUT2D eigenvalue weighted by atomic mass is 32.2. The van der Waals surface area contributed by atoms with Crippen molar-refractivity contribution in [2.24, 2.45) is 14.1 Å². The quantitative estimate of drug-likeness (QED) is 0.0974. The molecule has 0 atom stereocenters. The number of pyridine rings is 2. The first-order valence-electron chi connectivity index (χ1n) is 14.9. The van der Waals surface area contributed by atoms with Gasteiger partial charge in [0.25, 0.3) is 0 Å². The van der Waals surface area contributed by atoms with Gasteiger partial charge in [0.05, 0.1) is 16.3 Å². The molecule has 0 unspecified atom stereocenters. The van der Waals surface area contributed by atoms with Crippen LogP contribution in [0.25, 0.3) is 51.4 Å². The molecule has 0 aliphatic heterocycles. The Bertz CT molecular complexity index is 2440. The number of sulfone groups is 1. The zero-order valence-corrected chi connectivity index (χ0v) is 29.2. The summed E-state index contributed by atoms with van der Waals surface area (Å²) in [6.45, 7) is 7.14. The molecule has 272 valence electrons. The maximum Gasteiger partial charge on any atom is 0.435 e. The van der Waals surface area contributed by atoms with E-state index in [0.29, 0.717) is 29.6 Å². The maximum absolute atomic E-state index is 12.8. The van der Waals surface area contributed by atoms with Gasteiger partial charge in [-0.25, -0.2) is 28.4 Å². The number of hydrogen-bond acceptors (Lipinski definition) is 12. The van der Waals surface area contributed by atoms with E-state index < -0.39 is 33.6 Å². The van der Waals surface area contributed by atoms with Gasteiger partial charge in [0, 0.05) is 31.1 Å². The molecule has 0 saturated heterocycles. The molecular weight excluding hydrogens is 739 g/mol. The topological polar surface area (TPSA) is 164 Å². The summed E-state index contributed by atoms with van der Waals surface area (Å²) in [5.41, 5.74) is -0.979. The third kappa shape index (κ3) is 7.49. The average molecular weight is 765 g/mol. The van der Waals surface area contributed by atoms with E-state index >= 15 is 0 Å². The number of rotatable bonds is 8. The molecule has 0 amide bonds. The third-order valence-corrected chi connectivity index (χ3v) is 10.0. The van der Waals surface area contributed by atoms with Crippen molar-refractivity contribution in [2.75, 3.05) is 11.5 Å². The van der Waals surface area contributed by atoms with Crippen molar-refractivity contribution in [3.63, 3.8) is 0 Å². The van der Waals surface area contributed by atoms with Crippen molar-refractivity contribution in [1.82, 2.24) is 49.5 Å². The van der Waals surface area contributed by atoms with Crippen LogP contribution in [0.3, 0.4) is 0 Å². The fourth-order valence-electron chi connectivity index (χ4n) is 4.77. The van der Waals surface area contributed by atoms with Crippen LogP contribution in [-0.4, -0.2) is 75.7 Å². The lowest BCUT2D eigenvalue weighted by Gasteiger charge is -2.09. The smallest absolute Gasteiger partial charge is 0.309 e. The van der Waals surface area contributed by atoms with Gasteiger partial charge >= 0.3 is 12.4 Å². The lowest BCUT2D eigenvalue weighted by atomic mass is 10.3. The summed E-state index contributed by atoms with van der Waals surface area (Å²) in [4.78, 5) is 28.6. The Morgan fingerprint density at radius 2 is 1.25 bits per heavy atom. The van der Waals surface area contributed by atoms with E-state index in [0.717, 1.165) is 16.7 Å². The first kappa shape index (κ1) is 37.9. The highest BCUT2D eigenvalue weighted by Gasteiger charge is 2.35. The van der Waals surface area contributed by atoms with Crippen LogP contribution in [0.1, 0.15) is 41.4 Å². The number of imidazole rings is 2. The lowest BCUT2D eigenvalue weighted by molar-refractivity contribution is -0.142. The van der Waals surface area contributed by atoms with Gasteiger partial charge in [0.2, 0.25) is 0 Å². The molecule has 0 spiro atoms. The number of aldehydes is 1. The molecule has 0 bridgehead atoms. The minimum Gasteiger partial charge on any atom is -0.309 e. The van der Waals surface area contributed by atoms with Gasteiger partial charge in [-0.2, -0.15) is 26.3 Å². The summed E-state index contributed by atoms with van der Waals surface area (Å²) in [5.74, 6) is 0.978. The Labute approximate surface area is 295 Å². The molecule has 0 aliphatic carbocycles. The van der Waals surface area contributed by atoms with Gasteiger partial charge in [-0.1, -0.05) is 20.4 Å². The number of alkyl halides is 6. The Kier molecular flexibility index (Phi) is 10.5. The second-order valence-electron chi connectivity index (χ2n) is 10.7. The van der Waals surface area contributed by atoms with Crippen LogP contribution in [0.15, 0.2) is 52.8 Å². The predicted molar refractivity (Wildman–Crippen MR) is 179 cm³/mol. The summed E-state index contributed by atoms with van der Waals surface area (Å²) in [7, 11) is -0.625. The number of fused-ring (bicyclic) bond motifs is 2. The number of thioether (sulfide) groups is 1. The van der Waals surface area contributed by atoms with Crippen LogP contribution < -0.4 is 0 Å². The number of hydrogen-bond donors (Lipinski definition) is 0. The molecular formula is C31H26F6N10O3S2. The van der Waals surface area contributed by atoms with Gasteiger partial charge in [-0.15, -0.1) is 32.2 Å². The summed E-state index contributed by atoms with van der Waals surface area (Å²) in [6.07, 6.45) is -7.24. The van der Waals surface area contributed by atoms with E-state index in [-0.39, 0.29) is 50.2 Å². The summed E-state index contributed by atoms with van der Waals surface area (Å²) < 4.78 is 105. The standard InChI is InChI=1S/C16H14F3N5S.C15H12F3N5O3S/c1-4-9-6-7-11(25-5-2)13(20-9)15-21-10-8-12(16(17,18)19)22-23-14(10)24(15)3;1-3-27(25,26)10-5-4-8(7-24)19-12(10)14-20-9-6-11(15(16,17)18)21-22-13(9)23(14)2/h4,6-8H,1,5H2,2-3H3;4-7H,3H2,1-2H3. The second-order valence-corrected chi connectivity index (χ2v) is 14.2. The summed E-state index contributed by atoms with van der Waals surface area (Å²) in [6, 6.07) is 7.80. The number of aromatic nitrogens is 10. The van der Waals surface area contributed by atoms with E-state index in [9.17, 15) is 39.6 Å². The number of carbonyl (C=O) groups is 1. The molecule has 0 aliphatic rings. The first-order valence-corrected chi connectivity index (χ1v) is 17.6. The molecule has 6 rings (SSSR count). The summed E-state index contributed by atoms with van der Waals surface area (Å²) in [5, 5.41) is 13.6. The van der Waals surface area contributed by atoms with Gasteiger partial charge in [0.15, 0.2) is 50.5 Å². The van der Waals surface area contributed by atoms with Crippen molar-refractivity contribution in [3.8, 4) is 23.0 Å². The fraction of sp³-hybridized carbons (Fsp3) is 0.258. The Hall–Kier alpha value is -5.31. The van der Waals surface area contributed by atoms with Crippen LogP contribution in [0, 0.1) is 0 Å². The molecule has 0 saturated carbocycles. The van der Waals surface area contributed by atoms with Crippen LogP contribution in [0.5, 0.6) is 0 Å². The SMILES string of the molecule is C=Cc1ccc(SCC)c(-c2nc3cc(C(F)(F)F)nnc3n2C)n1.CCS(=O)(=O)c1ccc(C=O)nc1-c1nc2cc(C(F)(F)F)nnc2n1C. The van der Waals surface area contributed by atoms with Gasteiger partial charge < -0.3 is 9.13 Å². The van der Waals surface area contributed by atoms with Crippen molar-refractivity contribution < 1.29 is 39.6 Å². The molecule has 13 nitrogen and oxygen atoms in total. The number of aryl methyl sites for hydroxylation is 2. The molecule has 0 radical (unpaired) electrons. The van der Waals surface area contributed by atoms with E-state index in [1.807, 2.05) is 19.1 Å². The molecule has 0 aromatic carbocycles. The Morgan fingerprint density at radius 3 is 1.71 bits per heavy atom. The zero-order valence-electron chi connectivity index (χ0n) is 27.5. The van der Waals surface area contributed by atoms with Crippen molar-refractivity contribution in [2.45, 2.75) is 36.0 Å². The van der Waals surface area contributed by atoms with Gasteiger partial charge in [-0.05, 0) is 36.1 Å². The van der Waals surface area contributed by atoms with Crippen molar-refractivity contribution >= 4 is 56.3 Å². The zero-order chi connectivity index (χ0) is 38.2. The second kappa shape index (κ2) is 14.4. The molecule has 0 N–H and O–H groups in total. The maximum atomic E-state index is 12.8. The van der Waals surface area contributed by atoms with Crippen LogP contribution in [0.4, 0.5) is 26.3 Å². The lowest BCUT2D eigenvalue weighted by Crippen LogP contribution is -2.10. The molecule has 52 heavy (non-hydrogen) atoms. The van der Waals surface area contributed by atoms with Crippen molar-refractivity contribution in [1.29, 1.82) is 0 Å². The molecule has 6 aromatic heterocycles. The monoisotopic (exact) mass is 764 g/mol. The van der Waals surface area contributed by atoms with Gasteiger partial charge in [-0.3, -0.25) is 4.79 Å². The molecule has 6 heterocycles. The van der Waals surface area contributed by atoms with E-state index in [4.69, 9.17) is 0 Å². The Morgan fingerprint density at radius 1 is 0.750 bits per heavy atom. The first-order chi connectivity index (χ1) is 24.4.